The normalized spacial score (nSPS) is 16.5. The Kier molecular flexibility index (Phi) is 4.49. The van der Waals surface area contributed by atoms with Gasteiger partial charge in [0.15, 0.2) is 0 Å². The van der Waals surface area contributed by atoms with E-state index in [2.05, 4.69) is 34.2 Å². The first kappa shape index (κ1) is 17.5. The molecular weight excluding hydrogens is 410 g/mol. The summed E-state index contributed by atoms with van der Waals surface area (Å²) in [6.45, 7) is 4.23. The van der Waals surface area contributed by atoms with Crippen LogP contribution in [0.4, 0.5) is 11.4 Å². The van der Waals surface area contributed by atoms with E-state index in [0.29, 0.717) is 16.5 Å². The van der Waals surface area contributed by atoms with Crippen molar-refractivity contribution in [3.63, 3.8) is 0 Å². The van der Waals surface area contributed by atoms with Crippen LogP contribution in [0, 0.1) is 12.8 Å². The fourth-order valence-corrected chi connectivity index (χ4v) is 4.95. The van der Waals surface area contributed by atoms with E-state index in [1.54, 1.807) is 0 Å². The summed E-state index contributed by atoms with van der Waals surface area (Å²) in [4.78, 5) is 19.0. The highest BCUT2D eigenvalue weighted by molar-refractivity contribution is 9.10. The molecule has 2 heterocycles. The zero-order valence-electron chi connectivity index (χ0n) is 14.7. The van der Waals surface area contributed by atoms with E-state index in [4.69, 9.17) is 10.7 Å². The zero-order valence-corrected chi connectivity index (χ0v) is 17.1. The lowest BCUT2D eigenvalue weighted by molar-refractivity contribution is 0.103. The summed E-state index contributed by atoms with van der Waals surface area (Å²) in [5, 5.41) is 3.88. The van der Waals surface area contributed by atoms with Gasteiger partial charge in [-0.25, -0.2) is 4.98 Å². The van der Waals surface area contributed by atoms with Crippen LogP contribution in [0.15, 0.2) is 28.7 Å². The predicted octanol–water partition coefficient (Wildman–Crippen LogP) is 5.33. The number of nitrogens with one attached hydrogen (secondary N) is 1. The van der Waals surface area contributed by atoms with E-state index >= 15 is 0 Å². The summed E-state index contributed by atoms with van der Waals surface area (Å²) in [5.41, 5.74) is 11.1. The number of hydrogen-bond donors (Lipinski definition) is 2. The zero-order chi connectivity index (χ0) is 18.4. The number of anilines is 2. The van der Waals surface area contributed by atoms with Crippen molar-refractivity contribution < 1.29 is 4.79 Å². The SMILES string of the molecule is Cc1cc(Br)ccc1NC(=O)c1sc2nc3c(cc2c1N)C[C@H](C)CC3. The summed E-state index contributed by atoms with van der Waals surface area (Å²) < 4.78 is 0.985. The first-order chi connectivity index (χ1) is 12.4. The lowest BCUT2D eigenvalue weighted by atomic mass is 9.87. The van der Waals surface area contributed by atoms with Crippen LogP contribution in [-0.2, 0) is 12.8 Å². The number of carbonyl (C=O) groups is 1. The molecule has 0 radical (unpaired) electrons. The second-order valence-corrected chi connectivity index (χ2v) is 8.97. The number of pyridine rings is 1. The molecule has 0 fully saturated rings. The summed E-state index contributed by atoms with van der Waals surface area (Å²) in [7, 11) is 0. The maximum absolute atomic E-state index is 12.8. The van der Waals surface area contributed by atoms with Gasteiger partial charge in [-0.3, -0.25) is 4.79 Å². The number of nitrogens with zero attached hydrogens (tertiary/aromatic N) is 1. The minimum Gasteiger partial charge on any atom is -0.397 e. The Bertz CT molecular complexity index is 1030. The maximum atomic E-state index is 12.8. The van der Waals surface area contributed by atoms with Crippen molar-refractivity contribution in [3.8, 4) is 0 Å². The number of nitrogen functional groups attached to an aromatic ring is 1. The predicted molar refractivity (Wildman–Crippen MR) is 112 cm³/mol. The molecule has 4 nitrogen and oxygen atoms in total. The molecular formula is C20H20BrN3OS. The Hall–Kier alpha value is -1.92. The lowest BCUT2D eigenvalue weighted by Crippen LogP contribution is -2.13. The van der Waals surface area contributed by atoms with Gasteiger partial charge in [-0.15, -0.1) is 11.3 Å². The number of halogens is 1. The quantitative estimate of drug-likeness (QED) is 0.578. The van der Waals surface area contributed by atoms with E-state index in [9.17, 15) is 4.79 Å². The molecule has 26 heavy (non-hydrogen) atoms. The average Bonchev–Trinajstić information content (AvgIpc) is 2.92. The fraction of sp³-hybridized carbons (Fsp3) is 0.300. The van der Waals surface area contributed by atoms with Gasteiger partial charge < -0.3 is 11.1 Å². The summed E-state index contributed by atoms with van der Waals surface area (Å²) >= 11 is 4.82. The average molecular weight is 430 g/mol. The van der Waals surface area contributed by atoms with Crippen molar-refractivity contribution >= 4 is 54.8 Å². The lowest BCUT2D eigenvalue weighted by Gasteiger charge is -2.20. The number of nitrogens with two attached hydrogens (primary N) is 1. The summed E-state index contributed by atoms with van der Waals surface area (Å²) in [5.74, 6) is 0.493. The van der Waals surface area contributed by atoms with E-state index in [-0.39, 0.29) is 5.91 Å². The van der Waals surface area contributed by atoms with Crippen LogP contribution in [0.2, 0.25) is 0 Å². The molecule has 1 aliphatic rings. The third-order valence-corrected chi connectivity index (χ3v) is 6.58. The highest BCUT2D eigenvalue weighted by atomic mass is 79.9. The molecule has 4 rings (SSSR count). The van der Waals surface area contributed by atoms with Crippen LogP contribution in [0.1, 0.15) is 39.8 Å². The fourth-order valence-electron chi connectivity index (χ4n) is 3.49. The van der Waals surface area contributed by atoms with E-state index < -0.39 is 0 Å². The molecule has 0 saturated heterocycles. The highest BCUT2D eigenvalue weighted by Gasteiger charge is 2.22. The smallest absolute Gasteiger partial charge is 0.267 e. The number of aromatic nitrogens is 1. The van der Waals surface area contributed by atoms with Gasteiger partial charge in [-0.05, 0) is 67.5 Å². The van der Waals surface area contributed by atoms with Crippen LogP contribution in [0.5, 0.6) is 0 Å². The standard InChI is InChI=1S/C20H20BrN3OS/c1-10-3-5-16-12(7-10)9-14-17(22)18(26-20(14)24-16)19(25)23-15-6-4-13(21)8-11(15)2/h4,6,8-10H,3,5,7,22H2,1-2H3,(H,23,25)/t10-/m1/s1. The van der Waals surface area contributed by atoms with Gasteiger partial charge >= 0.3 is 0 Å². The molecule has 1 aromatic carbocycles. The highest BCUT2D eigenvalue weighted by Crippen LogP contribution is 2.36. The minimum absolute atomic E-state index is 0.178. The third-order valence-electron chi connectivity index (χ3n) is 4.97. The molecule has 2 aromatic heterocycles. The number of benzene rings is 1. The van der Waals surface area contributed by atoms with Gasteiger partial charge in [0.2, 0.25) is 0 Å². The summed E-state index contributed by atoms with van der Waals surface area (Å²) in [6, 6.07) is 7.91. The first-order valence-corrected chi connectivity index (χ1v) is 10.3. The Balaban J connectivity index is 1.70. The van der Waals surface area contributed by atoms with E-state index in [1.165, 1.54) is 23.3 Å². The second-order valence-electron chi connectivity index (χ2n) is 7.05. The largest absolute Gasteiger partial charge is 0.397 e. The number of amides is 1. The van der Waals surface area contributed by atoms with E-state index in [0.717, 1.165) is 44.5 Å². The molecule has 1 amide bonds. The van der Waals surface area contributed by atoms with Gasteiger partial charge in [-0.1, -0.05) is 22.9 Å². The van der Waals surface area contributed by atoms with Crippen LogP contribution in [0.3, 0.4) is 0 Å². The van der Waals surface area contributed by atoms with Gasteiger partial charge in [0.05, 0.1) is 5.69 Å². The third kappa shape index (κ3) is 3.12. The number of aryl methyl sites for hydroxylation is 2. The first-order valence-electron chi connectivity index (χ1n) is 8.70. The van der Waals surface area contributed by atoms with Crippen LogP contribution in [0.25, 0.3) is 10.2 Å². The van der Waals surface area contributed by atoms with Crippen molar-refractivity contribution in [1.82, 2.24) is 4.98 Å². The molecule has 3 N–H and O–H groups in total. The van der Waals surface area contributed by atoms with Crippen molar-refractivity contribution in [3.05, 3.63) is 50.4 Å². The van der Waals surface area contributed by atoms with Gasteiger partial charge in [0.1, 0.15) is 9.71 Å². The van der Waals surface area contributed by atoms with Crippen molar-refractivity contribution in [2.45, 2.75) is 33.1 Å². The van der Waals surface area contributed by atoms with Crippen LogP contribution >= 0.6 is 27.3 Å². The van der Waals surface area contributed by atoms with Gasteiger partial charge in [-0.2, -0.15) is 0 Å². The molecule has 0 unspecified atom stereocenters. The Labute approximate surface area is 164 Å². The molecule has 1 atom stereocenters. The van der Waals surface area contributed by atoms with Crippen molar-refractivity contribution in [2.24, 2.45) is 5.92 Å². The number of hydrogen-bond acceptors (Lipinski definition) is 4. The topological polar surface area (TPSA) is 68.0 Å². The molecule has 1 aliphatic carbocycles. The number of rotatable bonds is 2. The van der Waals surface area contributed by atoms with Gasteiger partial charge in [0, 0.05) is 21.2 Å². The molecule has 6 heteroatoms. The van der Waals surface area contributed by atoms with Crippen LogP contribution in [-0.4, -0.2) is 10.9 Å². The Morgan fingerprint density at radius 3 is 2.96 bits per heavy atom. The number of thiophene rings is 1. The molecule has 0 bridgehead atoms. The van der Waals surface area contributed by atoms with Crippen molar-refractivity contribution in [2.75, 3.05) is 11.1 Å². The molecule has 0 aliphatic heterocycles. The number of fused-ring (bicyclic) bond motifs is 2. The monoisotopic (exact) mass is 429 g/mol. The molecule has 3 aromatic rings. The molecule has 134 valence electrons. The van der Waals surface area contributed by atoms with Crippen molar-refractivity contribution in [1.29, 1.82) is 0 Å². The van der Waals surface area contributed by atoms with Crippen LogP contribution < -0.4 is 11.1 Å². The molecule has 0 saturated carbocycles. The summed E-state index contributed by atoms with van der Waals surface area (Å²) in [6.07, 6.45) is 3.21. The Morgan fingerprint density at radius 1 is 1.38 bits per heavy atom. The minimum atomic E-state index is -0.178. The number of carbonyl (C=O) groups excluding carboxylic acids is 1. The van der Waals surface area contributed by atoms with Gasteiger partial charge in [0.25, 0.3) is 5.91 Å². The molecule has 0 spiro atoms. The maximum Gasteiger partial charge on any atom is 0.267 e. The second kappa shape index (κ2) is 6.67. The van der Waals surface area contributed by atoms with E-state index in [1.807, 2.05) is 25.1 Å². The Morgan fingerprint density at radius 2 is 2.19 bits per heavy atom.